The van der Waals surface area contributed by atoms with Crippen LogP contribution in [-0.2, 0) is 6.42 Å². The number of anilines is 1. The predicted octanol–water partition coefficient (Wildman–Crippen LogP) is 5.21. The third-order valence-electron chi connectivity index (χ3n) is 4.81. The molecule has 0 aromatic carbocycles. The van der Waals surface area contributed by atoms with Crippen molar-refractivity contribution in [3.63, 3.8) is 0 Å². The second-order valence-corrected chi connectivity index (χ2v) is 8.39. The fraction of sp³-hybridized carbons (Fsp3) is 0.619. The third-order valence-corrected chi connectivity index (χ3v) is 5.92. The zero-order valence-corrected chi connectivity index (χ0v) is 17.2. The van der Waals surface area contributed by atoms with Crippen LogP contribution in [-0.4, -0.2) is 21.7 Å². The van der Waals surface area contributed by atoms with Crippen molar-refractivity contribution in [3.05, 3.63) is 39.5 Å². The van der Waals surface area contributed by atoms with E-state index in [9.17, 15) is 5.11 Å². The Hall–Kier alpha value is -1.33. The SMILES string of the molecule is CCC/C1=C(\CCO)S/C=C/CCC(Cc2cnc(C(C)C)nc2N)C1. The maximum Gasteiger partial charge on any atom is 0.133 e. The molecule has 0 fully saturated rings. The van der Waals surface area contributed by atoms with Crippen LogP contribution in [0.4, 0.5) is 5.82 Å². The highest BCUT2D eigenvalue weighted by Gasteiger charge is 2.18. The standard InChI is InChI=1S/C21H33N3OS/c1-4-7-17-12-16(8-5-6-11-26-19(17)9-10-25)13-18-14-23-21(15(2)3)24-20(18)22/h6,11,14-16,25H,4-5,7-10,12-13H2,1-3H3,(H2,22,23,24)/b11-6+,19-17-. The maximum absolute atomic E-state index is 9.44. The summed E-state index contributed by atoms with van der Waals surface area (Å²) in [5, 5.41) is 11.6. The van der Waals surface area contributed by atoms with Crippen LogP contribution >= 0.6 is 11.8 Å². The van der Waals surface area contributed by atoms with Crippen molar-refractivity contribution in [2.24, 2.45) is 5.92 Å². The molecule has 1 aromatic heterocycles. The van der Waals surface area contributed by atoms with E-state index in [1.165, 1.54) is 10.5 Å². The zero-order chi connectivity index (χ0) is 18.9. The number of hydrogen-bond donors (Lipinski definition) is 2. The Bertz CT molecular complexity index is 640. The van der Waals surface area contributed by atoms with Crippen LogP contribution in [0.3, 0.4) is 0 Å². The number of aliphatic hydroxyl groups excluding tert-OH is 1. The lowest BCUT2D eigenvalue weighted by Crippen LogP contribution is -2.11. The molecule has 4 nitrogen and oxygen atoms in total. The Morgan fingerprint density at radius 1 is 1.35 bits per heavy atom. The largest absolute Gasteiger partial charge is 0.396 e. The van der Waals surface area contributed by atoms with E-state index in [0.717, 1.165) is 56.3 Å². The maximum atomic E-state index is 9.44. The van der Waals surface area contributed by atoms with E-state index in [1.807, 2.05) is 6.20 Å². The molecule has 0 bridgehead atoms. The molecule has 1 aromatic rings. The van der Waals surface area contributed by atoms with E-state index in [2.05, 4.69) is 42.2 Å². The van der Waals surface area contributed by atoms with E-state index in [4.69, 9.17) is 5.73 Å². The second-order valence-electron chi connectivity index (χ2n) is 7.38. The minimum Gasteiger partial charge on any atom is -0.396 e. The van der Waals surface area contributed by atoms with Crippen LogP contribution in [0.1, 0.15) is 76.6 Å². The van der Waals surface area contributed by atoms with E-state index in [-0.39, 0.29) is 6.61 Å². The van der Waals surface area contributed by atoms with Crippen LogP contribution < -0.4 is 5.73 Å². The number of nitrogens with zero attached hydrogens (tertiary/aromatic N) is 2. The number of nitrogen functional groups attached to an aromatic ring is 1. The van der Waals surface area contributed by atoms with Gasteiger partial charge in [-0.25, -0.2) is 9.97 Å². The number of aliphatic hydroxyl groups is 1. The summed E-state index contributed by atoms with van der Waals surface area (Å²) in [6.07, 6.45) is 11.4. The number of nitrogens with two attached hydrogens (primary N) is 1. The molecule has 0 saturated heterocycles. The molecular formula is C21H33N3OS. The molecular weight excluding hydrogens is 342 g/mol. The van der Waals surface area contributed by atoms with Gasteiger partial charge in [0.05, 0.1) is 0 Å². The van der Waals surface area contributed by atoms with Gasteiger partial charge in [0.25, 0.3) is 0 Å². The van der Waals surface area contributed by atoms with Crippen LogP contribution in [0.5, 0.6) is 0 Å². The molecule has 3 N–H and O–H groups in total. The summed E-state index contributed by atoms with van der Waals surface area (Å²) in [4.78, 5) is 10.4. The van der Waals surface area contributed by atoms with E-state index < -0.39 is 0 Å². The Morgan fingerprint density at radius 3 is 2.81 bits per heavy atom. The van der Waals surface area contributed by atoms with Crippen molar-refractivity contribution in [2.45, 2.75) is 71.6 Å². The summed E-state index contributed by atoms with van der Waals surface area (Å²) < 4.78 is 0. The number of hydrogen-bond acceptors (Lipinski definition) is 5. The molecule has 1 aliphatic rings. The summed E-state index contributed by atoms with van der Waals surface area (Å²) in [7, 11) is 0. The predicted molar refractivity (Wildman–Crippen MR) is 112 cm³/mol. The quantitative estimate of drug-likeness (QED) is 0.684. The Morgan fingerprint density at radius 2 is 2.15 bits per heavy atom. The van der Waals surface area contributed by atoms with Crippen molar-refractivity contribution in [1.82, 2.24) is 9.97 Å². The summed E-state index contributed by atoms with van der Waals surface area (Å²) in [5.74, 6) is 2.27. The zero-order valence-electron chi connectivity index (χ0n) is 16.4. The van der Waals surface area contributed by atoms with Crippen LogP contribution in [0.25, 0.3) is 0 Å². The smallest absolute Gasteiger partial charge is 0.133 e. The lowest BCUT2D eigenvalue weighted by atomic mass is 9.87. The summed E-state index contributed by atoms with van der Waals surface area (Å²) in [5.41, 5.74) is 8.80. The van der Waals surface area contributed by atoms with E-state index in [1.54, 1.807) is 11.8 Å². The number of rotatable bonds is 7. The van der Waals surface area contributed by atoms with Gasteiger partial charge in [-0.15, -0.1) is 11.8 Å². The molecule has 0 amide bonds. The van der Waals surface area contributed by atoms with Crippen LogP contribution in [0.15, 0.2) is 28.2 Å². The third kappa shape index (κ3) is 6.13. The van der Waals surface area contributed by atoms with Crippen molar-refractivity contribution in [1.29, 1.82) is 0 Å². The average Bonchev–Trinajstić information content (AvgIpc) is 2.69. The average molecular weight is 376 g/mol. The Kier molecular flexibility index (Phi) is 8.66. The normalized spacial score (nSPS) is 22.7. The van der Waals surface area contributed by atoms with E-state index in [0.29, 0.717) is 17.7 Å². The molecule has 0 aliphatic carbocycles. The highest BCUT2D eigenvalue weighted by Crippen LogP contribution is 2.35. The first-order valence-electron chi connectivity index (χ1n) is 9.79. The molecule has 1 atom stereocenters. The van der Waals surface area contributed by atoms with Gasteiger partial charge in [-0.05, 0) is 48.3 Å². The fourth-order valence-electron chi connectivity index (χ4n) is 3.41. The fourth-order valence-corrected chi connectivity index (χ4v) is 4.37. The number of allylic oxidation sites excluding steroid dienone is 2. The molecule has 144 valence electrons. The lowest BCUT2D eigenvalue weighted by molar-refractivity contribution is 0.301. The minimum absolute atomic E-state index is 0.214. The van der Waals surface area contributed by atoms with Crippen molar-refractivity contribution < 1.29 is 5.11 Å². The van der Waals surface area contributed by atoms with Gasteiger partial charge >= 0.3 is 0 Å². The molecule has 26 heavy (non-hydrogen) atoms. The molecule has 0 spiro atoms. The summed E-state index contributed by atoms with van der Waals surface area (Å²) >= 11 is 1.79. The van der Waals surface area contributed by atoms with Crippen molar-refractivity contribution >= 4 is 17.6 Å². The van der Waals surface area contributed by atoms with Gasteiger partial charge in [-0.3, -0.25) is 0 Å². The molecule has 1 unspecified atom stereocenters. The number of thioether (sulfide) groups is 1. The number of aromatic nitrogens is 2. The van der Waals surface area contributed by atoms with Gasteiger partial charge in [0.15, 0.2) is 0 Å². The molecule has 1 aliphatic heterocycles. The molecule has 0 saturated carbocycles. The van der Waals surface area contributed by atoms with Crippen molar-refractivity contribution in [2.75, 3.05) is 12.3 Å². The highest BCUT2D eigenvalue weighted by atomic mass is 32.2. The second kappa shape index (κ2) is 10.7. The topological polar surface area (TPSA) is 72.0 Å². The lowest BCUT2D eigenvalue weighted by Gasteiger charge is -2.21. The summed E-state index contributed by atoms with van der Waals surface area (Å²) in [6.45, 7) is 6.61. The minimum atomic E-state index is 0.214. The molecule has 0 radical (unpaired) electrons. The van der Waals surface area contributed by atoms with Gasteiger partial charge < -0.3 is 10.8 Å². The highest BCUT2D eigenvalue weighted by molar-refractivity contribution is 8.05. The van der Waals surface area contributed by atoms with E-state index >= 15 is 0 Å². The van der Waals surface area contributed by atoms with Gasteiger partial charge in [-0.2, -0.15) is 0 Å². The van der Waals surface area contributed by atoms with Gasteiger partial charge in [-0.1, -0.05) is 38.8 Å². The Labute approximate surface area is 162 Å². The first-order valence-corrected chi connectivity index (χ1v) is 10.7. The molecule has 2 rings (SSSR count). The first kappa shape index (κ1) is 21.0. The van der Waals surface area contributed by atoms with Crippen LogP contribution in [0, 0.1) is 5.92 Å². The van der Waals surface area contributed by atoms with Gasteiger partial charge in [0.1, 0.15) is 11.6 Å². The van der Waals surface area contributed by atoms with Gasteiger partial charge in [0.2, 0.25) is 0 Å². The van der Waals surface area contributed by atoms with Crippen LogP contribution in [0.2, 0.25) is 0 Å². The van der Waals surface area contributed by atoms with Crippen molar-refractivity contribution in [3.8, 4) is 0 Å². The monoisotopic (exact) mass is 375 g/mol. The first-order chi connectivity index (χ1) is 12.5. The van der Waals surface area contributed by atoms with Gasteiger partial charge in [0, 0.05) is 30.7 Å². The molecule has 5 heteroatoms. The summed E-state index contributed by atoms with van der Waals surface area (Å²) in [6, 6.07) is 0. The Balaban J connectivity index is 2.21. The molecule has 2 heterocycles.